The summed E-state index contributed by atoms with van der Waals surface area (Å²) in [4.78, 5) is 36.4. The number of ketones is 3. The number of ether oxygens (including phenoxy) is 2. The monoisotopic (exact) mass is 580 g/mol. The van der Waals surface area contributed by atoms with Crippen LogP contribution in [0.3, 0.4) is 0 Å². The van der Waals surface area contributed by atoms with E-state index in [1.807, 2.05) is 12.2 Å². The van der Waals surface area contributed by atoms with Gasteiger partial charge in [-0.25, -0.2) is 0 Å². The topological polar surface area (TPSA) is 89.9 Å². The van der Waals surface area contributed by atoms with Gasteiger partial charge in [-0.15, -0.1) is 0 Å². The Morgan fingerprint density at radius 1 is 0.810 bits per heavy atom. The van der Waals surface area contributed by atoms with E-state index in [1.165, 1.54) is 69.9 Å². The molecule has 0 aromatic carbocycles. The Balaban J connectivity index is 1.25. The van der Waals surface area contributed by atoms with E-state index in [0.717, 1.165) is 25.7 Å². The van der Waals surface area contributed by atoms with E-state index < -0.39 is 17.0 Å². The molecular formula is C36H52O6. The number of hydrogen-bond acceptors (Lipinski definition) is 6. The summed E-state index contributed by atoms with van der Waals surface area (Å²) in [6.07, 6.45) is 31.7. The molecule has 0 radical (unpaired) electrons. The third kappa shape index (κ3) is 9.96. The first-order chi connectivity index (χ1) is 20.2. The van der Waals surface area contributed by atoms with Crippen LogP contribution >= 0.6 is 0 Å². The van der Waals surface area contributed by atoms with Crippen molar-refractivity contribution in [2.45, 2.75) is 152 Å². The Morgan fingerprint density at radius 3 is 1.95 bits per heavy atom. The fourth-order valence-electron chi connectivity index (χ4n) is 7.04. The van der Waals surface area contributed by atoms with Crippen molar-refractivity contribution in [2.75, 3.05) is 0 Å². The lowest BCUT2D eigenvalue weighted by Crippen LogP contribution is -2.37. The van der Waals surface area contributed by atoms with E-state index in [2.05, 4.69) is 6.92 Å². The minimum atomic E-state index is -1.36. The molecule has 2 aliphatic carbocycles. The van der Waals surface area contributed by atoms with Crippen molar-refractivity contribution in [3.05, 3.63) is 48.6 Å². The van der Waals surface area contributed by atoms with E-state index in [9.17, 15) is 19.5 Å². The number of aliphatic hydroxyl groups is 1. The largest absolute Gasteiger partial charge is 0.365 e. The maximum atomic E-state index is 13.1. The van der Waals surface area contributed by atoms with Crippen LogP contribution in [-0.4, -0.2) is 45.5 Å². The Kier molecular flexibility index (Phi) is 12.1. The van der Waals surface area contributed by atoms with Crippen LogP contribution in [0.15, 0.2) is 48.6 Å². The summed E-state index contributed by atoms with van der Waals surface area (Å²) >= 11 is 0. The molecule has 42 heavy (non-hydrogen) atoms. The molecule has 2 saturated heterocycles. The van der Waals surface area contributed by atoms with Crippen LogP contribution in [0.4, 0.5) is 0 Å². The van der Waals surface area contributed by atoms with Crippen LogP contribution in [0.5, 0.6) is 0 Å². The van der Waals surface area contributed by atoms with Gasteiger partial charge in [-0.3, -0.25) is 14.4 Å². The van der Waals surface area contributed by atoms with Crippen LogP contribution in [-0.2, 0) is 23.9 Å². The minimum absolute atomic E-state index is 0.0272. The first-order valence-electron chi connectivity index (χ1n) is 16.7. The highest BCUT2D eigenvalue weighted by molar-refractivity contribution is 6.01. The van der Waals surface area contributed by atoms with Crippen molar-refractivity contribution >= 4 is 17.3 Å². The second-order valence-electron chi connectivity index (χ2n) is 13.2. The highest BCUT2D eigenvalue weighted by atomic mass is 16.6. The smallest absolute Gasteiger partial charge is 0.178 e. The Labute approximate surface area is 252 Å². The van der Waals surface area contributed by atoms with Gasteiger partial charge in [0, 0.05) is 25.7 Å². The zero-order valence-electron chi connectivity index (χ0n) is 25.7. The molecule has 4 rings (SSSR count). The second kappa shape index (κ2) is 15.5. The summed E-state index contributed by atoms with van der Waals surface area (Å²) in [6, 6.07) is 0. The van der Waals surface area contributed by atoms with Gasteiger partial charge >= 0.3 is 0 Å². The van der Waals surface area contributed by atoms with Crippen molar-refractivity contribution in [1.29, 1.82) is 0 Å². The molecule has 0 aromatic heterocycles. The Morgan fingerprint density at radius 2 is 1.36 bits per heavy atom. The van der Waals surface area contributed by atoms with Gasteiger partial charge in [0.15, 0.2) is 17.4 Å². The Hall–Kier alpha value is -2.15. The number of Topliss-reactive ketones (excluding diaryl/α,β-unsaturated/α-hetero) is 1. The molecule has 0 amide bonds. The third-order valence-corrected chi connectivity index (χ3v) is 9.43. The number of allylic oxidation sites excluding steroid dienone is 4. The van der Waals surface area contributed by atoms with E-state index in [-0.39, 0.29) is 29.4 Å². The zero-order valence-corrected chi connectivity index (χ0v) is 25.7. The highest BCUT2D eigenvalue weighted by Gasteiger charge is 2.48. The number of hydrogen-bond donors (Lipinski definition) is 1. The molecule has 4 aliphatic rings. The molecule has 2 spiro atoms. The predicted octanol–water partition coefficient (Wildman–Crippen LogP) is 7.59. The summed E-state index contributed by atoms with van der Waals surface area (Å²) in [5.41, 5.74) is -1.30. The summed E-state index contributed by atoms with van der Waals surface area (Å²) < 4.78 is 12.6. The molecule has 0 saturated carbocycles. The fourth-order valence-corrected chi connectivity index (χ4v) is 7.04. The third-order valence-electron chi connectivity index (χ3n) is 9.43. The lowest BCUT2D eigenvalue weighted by molar-refractivity contribution is -0.212. The maximum Gasteiger partial charge on any atom is 0.178 e. The van der Waals surface area contributed by atoms with Gasteiger partial charge in [0.1, 0.15) is 17.0 Å². The van der Waals surface area contributed by atoms with Crippen molar-refractivity contribution in [2.24, 2.45) is 5.92 Å². The molecule has 3 atom stereocenters. The minimum Gasteiger partial charge on any atom is -0.365 e. The second-order valence-corrected chi connectivity index (χ2v) is 13.2. The zero-order chi connectivity index (χ0) is 29.9. The normalized spacial score (nSPS) is 26.2. The summed E-state index contributed by atoms with van der Waals surface area (Å²) in [5.74, 6) is -1.30. The molecule has 1 N–H and O–H groups in total. The van der Waals surface area contributed by atoms with E-state index >= 15 is 0 Å². The molecule has 0 bridgehead atoms. The van der Waals surface area contributed by atoms with Crippen molar-refractivity contribution < 1.29 is 29.0 Å². The summed E-state index contributed by atoms with van der Waals surface area (Å²) in [7, 11) is 0. The van der Waals surface area contributed by atoms with Crippen LogP contribution < -0.4 is 0 Å². The average Bonchev–Trinajstić information content (AvgIpc) is 3.51. The molecule has 6 heteroatoms. The number of carbonyl (C=O) groups excluding carboxylic acids is 3. The van der Waals surface area contributed by atoms with Gasteiger partial charge in [0.2, 0.25) is 0 Å². The van der Waals surface area contributed by atoms with Crippen molar-refractivity contribution in [3.8, 4) is 0 Å². The van der Waals surface area contributed by atoms with Gasteiger partial charge in [-0.1, -0.05) is 71.1 Å². The van der Waals surface area contributed by atoms with Crippen LogP contribution in [0.2, 0.25) is 0 Å². The molecule has 2 aliphatic heterocycles. The van der Waals surface area contributed by atoms with E-state index in [0.29, 0.717) is 38.5 Å². The molecule has 2 heterocycles. The van der Waals surface area contributed by atoms with Crippen molar-refractivity contribution in [1.82, 2.24) is 0 Å². The predicted molar refractivity (Wildman–Crippen MR) is 165 cm³/mol. The maximum absolute atomic E-state index is 13.1. The average molecular weight is 581 g/mol. The molecule has 2 fully saturated rings. The number of unbranched alkanes of at least 4 members (excludes halogenated alkanes) is 10. The SMILES string of the molecule is CCCCCCCCCCCCCC(=O)CC(CC1CCC2(C=CC(=O)C=C2)O1)CC1(O)CCC2(C=CC(=O)C=C2)O1. The molecule has 232 valence electrons. The number of rotatable bonds is 18. The fraction of sp³-hybridized carbons (Fsp3) is 0.694. The first-order valence-corrected chi connectivity index (χ1v) is 16.7. The van der Waals surface area contributed by atoms with Crippen LogP contribution in [0.25, 0.3) is 0 Å². The standard InChI is InChI=1S/C36H52O6/c1-2-3-4-5-6-7-8-9-10-11-12-13-32(39)26-29(27-33-18-23-34(41-33)19-14-30(37)15-20-34)28-36(40)25-24-35(42-36)21-16-31(38)17-22-35/h14-17,19-22,29,33,40H,2-13,18,23-28H2,1H3. The molecule has 3 unspecified atom stereocenters. The highest BCUT2D eigenvalue weighted by Crippen LogP contribution is 2.45. The van der Waals surface area contributed by atoms with Gasteiger partial charge in [-0.2, -0.15) is 0 Å². The summed E-state index contributed by atoms with van der Waals surface area (Å²) in [5, 5.41) is 11.5. The van der Waals surface area contributed by atoms with Crippen molar-refractivity contribution in [3.63, 3.8) is 0 Å². The molecule has 0 aromatic rings. The first kappa shape index (κ1) is 32.8. The lowest BCUT2D eigenvalue weighted by atomic mass is 9.86. The van der Waals surface area contributed by atoms with E-state index in [1.54, 1.807) is 24.3 Å². The summed E-state index contributed by atoms with van der Waals surface area (Å²) in [6.45, 7) is 2.25. The van der Waals surface area contributed by atoms with Gasteiger partial charge in [0.05, 0.1) is 6.10 Å². The van der Waals surface area contributed by atoms with Crippen LogP contribution in [0, 0.1) is 5.92 Å². The quantitative estimate of drug-likeness (QED) is 0.168. The number of carbonyl (C=O) groups is 3. The Bertz CT molecular complexity index is 1020. The van der Waals surface area contributed by atoms with E-state index in [4.69, 9.17) is 9.47 Å². The molecule has 6 nitrogen and oxygen atoms in total. The van der Waals surface area contributed by atoms with Gasteiger partial charge in [-0.05, 0) is 86.6 Å². The van der Waals surface area contributed by atoms with Gasteiger partial charge in [0.25, 0.3) is 0 Å². The van der Waals surface area contributed by atoms with Gasteiger partial charge < -0.3 is 14.6 Å². The lowest BCUT2D eigenvalue weighted by Gasteiger charge is -2.32. The van der Waals surface area contributed by atoms with Crippen LogP contribution in [0.1, 0.15) is 129 Å². The molecular weight excluding hydrogens is 528 g/mol.